The summed E-state index contributed by atoms with van der Waals surface area (Å²) in [6.45, 7) is 2.84. The van der Waals surface area contributed by atoms with Crippen LogP contribution in [0.1, 0.15) is 16.1 Å². The summed E-state index contributed by atoms with van der Waals surface area (Å²) >= 11 is 3.46. The lowest BCUT2D eigenvalue weighted by molar-refractivity contribution is 0.0686. The molecule has 0 fully saturated rings. The van der Waals surface area contributed by atoms with Gasteiger partial charge in [-0.05, 0) is 34.5 Å². The van der Waals surface area contributed by atoms with Crippen molar-refractivity contribution in [3.8, 4) is 22.8 Å². The smallest absolute Gasteiger partial charge is 0.358 e. The van der Waals surface area contributed by atoms with Crippen LogP contribution in [0.5, 0.6) is 11.5 Å². The molecule has 6 nitrogen and oxygen atoms in total. The Hall–Kier alpha value is -2.02. The maximum atomic E-state index is 10.9. The number of nitrogens with zero attached hydrogens (tertiary/aromatic N) is 1. The molecule has 0 saturated carbocycles. The summed E-state index contributed by atoms with van der Waals surface area (Å²) in [6.07, 6.45) is 0. The zero-order chi connectivity index (χ0) is 14.3. The molecule has 2 heterocycles. The first-order chi connectivity index (χ1) is 9.58. The van der Waals surface area contributed by atoms with Crippen molar-refractivity contribution in [1.29, 1.82) is 0 Å². The summed E-state index contributed by atoms with van der Waals surface area (Å²) in [5.41, 5.74) is 1.43. The molecule has 1 aromatic heterocycles. The number of hydrogen-bond donors (Lipinski definition) is 1. The molecule has 1 aromatic carbocycles. The first kappa shape index (κ1) is 13.0. The number of carboxylic acid groups (broad SMARTS) is 1. The number of carboxylic acids is 1. The lowest BCUT2D eigenvalue weighted by Crippen LogP contribution is -2.16. The van der Waals surface area contributed by atoms with Gasteiger partial charge in [0.25, 0.3) is 0 Å². The van der Waals surface area contributed by atoms with E-state index in [4.69, 9.17) is 19.1 Å². The molecule has 0 amide bonds. The molecule has 0 atom stereocenters. The van der Waals surface area contributed by atoms with Crippen LogP contribution in [0.4, 0.5) is 0 Å². The highest BCUT2D eigenvalue weighted by molar-refractivity contribution is 9.10. The number of benzene rings is 1. The highest BCUT2D eigenvalue weighted by Gasteiger charge is 2.24. The maximum Gasteiger partial charge on any atom is 0.358 e. The Kier molecular flexibility index (Phi) is 3.13. The molecule has 0 bridgehead atoms. The van der Waals surface area contributed by atoms with Crippen LogP contribution < -0.4 is 9.47 Å². The Bertz CT molecular complexity index is 694. The maximum absolute atomic E-state index is 10.9. The molecule has 1 aliphatic heterocycles. The van der Waals surface area contributed by atoms with Crippen LogP contribution >= 0.6 is 15.9 Å². The van der Waals surface area contributed by atoms with Crippen LogP contribution in [0.3, 0.4) is 0 Å². The molecule has 0 unspecified atom stereocenters. The third kappa shape index (κ3) is 2.03. The first-order valence-corrected chi connectivity index (χ1v) is 6.66. The Morgan fingerprint density at radius 1 is 1.35 bits per heavy atom. The number of aryl methyl sites for hydroxylation is 1. The fourth-order valence-corrected chi connectivity index (χ4v) is 2.88. The number of fused-ring (bicyclic) bond motifs is 1. The van der Waals surface area contributed by atoms with Gasteiger partial charge in [0, 0.05) is 11.6 Å². The minimum Gasteiger partial charge on any atom is -0.486 e. The molecular weight excluding hydrogens is 330 g/mol. The molecule has 1 aliphatic rings. The lowest BCUT2D eigenvalue weighted by Gasteiger charge is -2.21. The number of rotatable bonds is 2. The summed E-state index contributed by atoms with van der Waals surface area (Å²) in [7, 11) is 0. The van der Waals surface area contributed by atoms with Gasteiger partial charge in [0.05, 0.1) is 4.47 Å². The molecule has 0 radical (unpaired) electrons. The van der Waals surface area contributed by atoms with Crippen molar-refractivity contribution in [3.63, 3.8) is 0 Å². The minimum absolute atomic E-state index is 0.138. The monoisotopic (exact) mass is 339 g/mol. The summed E-state index contributed by atoms with van der Waals surface area (Å²) in [5, 5.41) is 12.4. The van der Waals surface area contributed by atoms with Crippen molar-refractivity contribution in [2.75, 3.05) is 13.2 Å². The molecule has 0 spiro atoms. The van der Waals surface area contributed by atoms with Crippen LogP contribution in [-0.2, 0) is 0 Å². The normalized spacial score (nSPS) is 13.3. The molecular formula is C13H10BrNO5. The van der Waals surface area contributed by atoms with Crippen molar-refractivity contribution in [2.24, 2.45) is 0 Å². The van der Waals surface area contributed by atoms with Gasteiger partial charge in [0.2, 0.25) is 0 Å². The fourth-order valence-electron chi connectivity index (χ4n) is 2.06. The largest absolute Gasteiger partial charge is 0.486 e. The van der Waals surface area contributed by atoms with E-state index in [9.17, 15) is 4.79 Å². The third-order valence-electron chi connectivity index (χ3n) is 2.95. The van der Waals surface area contributed by atoms with E-state index in [1.807, 2.05) is 13.0 Å². The van der Waals surface area contributed by atoms with Crippen LogP contribution in [0, 0.1) is 6.92 Å². The zero-order valence-electron chi connectivity index (χ0n) is 10.5. The van der Waals surface area contributed by atoms with Gasteiger partial charge >= 0.3 is 5.97 Å². The Labute approximate surface area is 122 Å². The van der Waals surface area contributed by atoms with E-state index in [2.05, 4.69) is 21.1 Å². The first-order valence-electron chi connectivity index (χ1n) is 5.87. The highest BCUT2D eigenvalue weighted by Crippen LogP contribution is 2.45. The molecule has 20 heavy (non-hydrogen) atoms. The standard InChI is InChI=1S/C13H10BrNO5/c1-6-4-9-12(19-3-2-18-9)11(14)10(6)8-5-7(13(16)17)15-20-8/h4-5H,2-3H2,1H3,(H,16,17). The Morgan fingerprint density at radius 2 is 2.10 bits per heavy atom. The number of carbonyl (C=O) groups is 1. The summed E-state index contributed by atoms with van der Waals surface area (Å²) in [6, 6.07) is 3.21. The second kappa shape index (κ2) is 4.82. The van der Waals surface area contributed by atoms with Crippen molar-refractivity contribution in [1.82, 2.24) is 5.16 Å². The highest BCUT2D eigenvalue weighted by atomic mass is 79.9. The van der Waals surface area contributed by atoms with Gasteiger partial charge in [-0.25, -0.2) is 4.79 Å². The fraction of sp³-hybridized carbons (Fsp3) is 0.231. The minimum atomic E-state index is -1.13. The summed E-state index contributed by atoms with van der Waals surface area (Å²) in [5.74, 6) is 0.475. The number of ether oxygens (including phenoxy) is 2. The Morgan fingerprint density at radius 3 is 2.80 bits per heavy atom. The second-order valence-electron chi connectivity index (χ2n) is 4.29. The second-order valence-corrected chi connectivity index (χ2v) is 5.08. The molecule has 3 rings (SSSR count). The van der Waals surface area contributed by atoms with E-state index in [0.29, 0.717) is 40.5 Å². The van der Waals surface area contributed by atoms with Gasteiger partial charge in [0.15, 0.2) is 23.0 Å². The van der Waals surface area contributed by atoms with Gasteiger partial charge in [0.1, 0.15) is 13.2 Å². The lowest BCUT2D eigenvalue weighted by atomic mass is 10.0. The number of halogens is 1. The van der Waals surface area contributed by atoms with E-state index >= 15 is 0 Å². The molecule has 0 saturated heterocycles. The summed E-state index contributed by atoms with van der Waals surface area (Å²) in [4.78, 5) is 10.9. The van der Waals surface area contributed by atoms with E-state index < -0.39 is 5.97 Å². The zero-order valence-corrected chi connectivity index (χ0v) is 12.1. The average Bonchev–Trinajstić information content (AvgIpc) is 2.88. The van der Waals surface area contributed by atoms with E-state index in [-0.39, 0.29) is 5.69 Å². The van der Waals surface area contributed by atoms with Crippen molar-refractivity contribution < 1.29 is 23.9 Å². The molecule has 2 aromatic rings. The SMILES string of the molecule is Cc1cc2c(c(Br)c1-c1cc(C(=O)O)no1)OCCO2. The molecule has 7 heteroatoms. The van der Waals surface area contributed by atoms with Crippen molar-refractivity contribution >= 4 is 21.9 Å². The topological polar surface area (TPSA) is 81.8 Å². The van der Waals surface area contributed by atoms with Crippen LogP contribution in [0.2, 0.25) is 0 Å². The average molecular weight is 340 g/mol. The van der Waals surface area contributed by atoms with Gasteiger partial charge < -0.3 is 19.1 Å². The number of aromatic carboxylic acids is 1. The molecule has 0 aliphatic carbocycles. The van der Waals surface area contributed by atoms with Gasteiger partial charge in [-0.1, -0.05) is 5.16 Å². The van der Waals surface area contributed by atoms with Gasteiger partial charge in [-0.2, -0.15) is 0 Å². The van der Waals surface area contributed by atoms with Crippen LogP contribution in [0.15, 0.2) is 21.1 Å². The third-order valence-corrected chi connectivity index (χ3v) is 3.70. The Balaban J connectivity index is 2.15. The van der Waals surface area contributed by atoms with Crippen LogP contribution in [0.25, 0.3) is 11.3 Å². The molecule has 1 N–H and O–H groups in total. The predicted octanol–water partition coefficient (Wildman–Crippen LogP) is 2.88. The van der Waals surface area contributed by atoms with E-state index in [0.717, 1.165) is 5.56 Å². The van der Waals surface area contributed by atoms with Crippen molar-refractivity contribution in [3.05, 3.63) is 27.9 Å². The van der Waals surface area contributed by atoms with E-state index in [1.54, 1.807) is 0 Å². The summed E-state index contributed by atoms with van der Waals surface area (Å²) < 4.78 is 16.9. The van der Waals surface area contributed by atoms with Gasteiger partial charge in [-0.15, -0.1) is 0 Å². The van der Waals surface area contributed by atoms with Gasteiger partial charge in [-0.3, -0.25) is 0 Å². The molecule has 104 valence electrons. The van der Waals surface area contributed by atoms with E-state index in [1.165, 1.54) is 6.07 Å². The van der Waals surface area contributed by atoms with Crippen LogP contribution in [-0.4, -0.2) is 29.4 Å². The quantitative estimate of drug-likeness (QED) is 0.905. The number of hydrogen-bond acceptors (Lipinski definition) is 5. The van der Waals surface area contributed by atoms with Crippen molar-refractivity contribution in [2.45, 2.75) is 6.92 Å². The number of aromatic nitrogens is 1. The predicted molar refractivity (Wildman–Crippen MR) is 72.3 cm³/mol.